The van der Waals surface area contributed by atoms with Crippen molar-refractivity contribution in [3.05, 3.63) is 35.9 Å². The number of nitrogens with zero attached hydrogens (tertiary/aromatic N) is 1. The van der Waals surface area contributed by atoms with E-state index >= 15 is 0 Å². The lowest BCUT2D eigenvalue weighted by atomic mass is 9.80. The number of hydrogen-bond donors (Lipinski definition) is 0. The minimum Gasteiger partial charge on any atom is -0.467 e. The van der Waals surface area contributed by atoms with Crippen molar-refractivity contribution in [1.29, 1.82) is 0 Å². The van der Waals surface area contributed by atoms with Crippen LogP contribution in [0.25, 0.3) is 0 Å². The number of ether oxygens (including phenoxy) is 2. The zero-order chi connectivity index (χ0) is 24.2. The molecule has 0 saturated carbocycles. The fourth-order valence-corrected chi connectivity index (χ4v) is 5.15. The third-order valence-electron chi connectivity index (χ3n) is 7.07. The van der Waals surface area contributed by atoms with Gasteiger partial charge in [0.05, 0.1) is 18.3 Å². The molecule has 0 aliphatic carbocycles. The van der Waals surface area contributed by atoms with Gasteiger partial charge in [-0.25, -0.2) is 9.59 Å². The Balaban J connectivity index is 1.63. The Hall–Kier alpha value is -1.58. The Labute approximate surface area is 205 Å². The van der Waals surface area contributed by atoms with Gasteiger partial charge < -0.3 is 18.8 Å². The molecule has 3 atom stereocenters. The van der Waals surface area contributed by atoms with Crippen molar-refractivity contribution < 1.29 is 28.4 Å². The number of hydrogen-bond acceptors (Lipinski definition) is 6. The van der Waals surface area contributed by atoms with E-state index in [1.807, 2.05) is 58.0 Å². The Morgan fingerprint density at radius 3 is 2.36 bits per heavy atom. The Morgan fingerprint density at radius 2 is 1.79 bits per heavy atom. The average molecular weight is 524 g/mol. The second-order valence-electron chi connectivity index (χ2n) is 9.84. The van der Waals surface area contributed by atoms with Crippen molar-refractivity contribution >= 4 is 35.1 Å². The van der Waals surface area contributed by atoms with Crippen molar-refractivity contribution in [2.24, 2.45) is 5.92 Å². The van der Waals surface area contributed by atoms with E-state index in [0.717, 1.165) is 24.7 Å². The number of likely N-dealkylation sites (tertiary alicyclic amines) is 1. The summed E-state index contributed by atoms with van der Waals surface area (Å²) in [5.41, 5.74) is 0.175. The maximum atomic E-state index is 13.0. The first-order chi connectivity index (χ1) is 15.6. The molecule has 0 aromatic heterocycles. The molecule has 3 rings (SSSR count). The first kappa shape index (κ1) is 26.0. The van der Waals surface area contributed by atoms with Crippen molar-refractivity contribution in [3.63, 3.8) is 0 Å². The number of esters is 1. The topological polar surface area (TPSA) is 74.3 Å². The Bertz CT molecular complexity index is 804. The van der Waals surface area contributed by atoms with E-state index < -0.39 is 18.1 Å². The predicted octanol–water partition coefficient (Wildman–Crippen LogP) is 4.82. The fraction of sp³-hybridized carbons (Fsp3) is 0.667. The summed E-state index contributed by atoms with van der Waals surface area (Å²) in [4.78, 5) is 27.3. The van der Waals surface area contributed by atoms with Crippen LogP contribution < -0.4 is 0 Å². The highest BCUT2D eigenvalue weighted by molar-refractivity contribution is 9.09. The highest BCUT2D eigenvalue weighted by atomic mass is 79.9. The van der Waals surface area contributed by atoms with Crippen LogP contribution in [-0.4, -0.2) is 59.8 Å². The first-order valence-corrected chi connectivity index (χ1v) is 12.7. The second-order valence-corrected chi connectivity index (χ2v) is 10.5. The molecule has 182 valence electrons. The summed E-state index contributed by atoms with van der Waals surface area (Å²) >= 11 is 3.51. The Morgan fingerprint density at radius 1 is 1.15 bits per heavy atom. The van der Waals surface area contributed by atoms with Crippen LogP contribution in [0, 0.1) is 5.92 Å². The van der Waals surface area contributed by atoms with Gasteiger partial charge in [-0.15, -0.1) is 0 Å². The number of carbonyl (C=O) groups is 2. The van der Waals surface area contributed by atoms with Crippen LogP contribution in [0.3, 0.4) is 0 Å². The predicted molar refractivity (Wildman–Crippen MR) is 130 cm³/mol. The molecule has 2 aliphatic rings. The van der Waals surface area contributed by atoms with E-state index in [1.54, 1.807) is 4.90 Å². The van der Waals surface area contributed by atoms with Gasteiger partial charge in [0.25, 0.3) is 0 Å². The SMILES string of the molecule is COC(=O)[C@@H]1[C@H](CCCB2OC(C)(C)C(C)(C)O2)CC(CBr)N1C(=O)OCc1ccccc1. The van der Waals surface area contributed by atoms with Crippen LogP contribution >= 0.6 is 15.9 Å². The number of alkyl halides is 1. The molecule has 9 heteroatoms. The highest BCUT2D eigenvalue weighted by Gasteiger charge is 2.51. The van der Waals surface area contributed by atoms with Crippen LogP contribution in [-0.2, 0) is 30.2 Å². The number of benzene rings is 1. The molecule has 1 aromatic carbocycles. The van der Waals surface area contributed by atoms with Crippen molar-refractivity contribution in [2.45, 2.75) is 83.2 Å². The van der Waals surface area contributed by atoms with E-state index in [4.69, 9.17) is 18.8 Å². The van der Waals surface area contributed by atoms with Crippen molar-refractivity contribution in [2.75, 3.05) is 12.4 Å². The van der Waals surface area contributed by atoms with Gasteiger partial charge >= 0.3 is 19.2 Å². The van der Waals surface area contributed by atoms with E-state index in [-0.39, 0.29) is 36.9 Å². The van der Waals surface area contributed by atoms with E-state index in [9.17, 15) is 9.59 Å². The largest absolute Gasteiger partial charge is 0.467 e. The molecule has 7 nitrogen and oxygen atoms in total. The summed E-state index contributed by atoms with van der Waals surface area (Å²) < 4.78 is 22.8. The summed E-state index contributed by atoms with van der Waals surface area (Å²) in [6.07, 6.45) is 2.52. The summed E-state index contributed by atoms with van der Waals surface area (Å²) in [6, 6.07) is 8.69. The lowest BCUT2D eigenvalue weighted by molar-refractivity contribution is -0.147. The normalized spacial score (nSPS) is 25.8. The molecule has 2 saturated heterocycles. The molecule has 33 heavy (non-hydrogen) atoms. The highest BCUT2D eigenvalue weighted by Crippen LogP contribution is 2.40. The summed E-state index contributed by atoms with van der Waals surface area (Å²) in [7, 11) is 1.09. The fourth-order valence-electron chi connectivity index (χ4n) is 4.57. The van der Waals surface area contributed by atoms with Gasteiger partial charge in [0.1, 0.15) is 12.6 Å². The summed E-state index contributed by atoms with van der Waals surface area (Å²) in [5.74, 6) is -0.428. The molecule has 1 amide bonds. The molecule has 1 aromatic rings. The van der Waals surface area contributed by atoms with Gasteiger partial charge in [0.2, 0.25) is 0 Å². The van der Waals surface area contributed by atoms with Gasteiger partial charge in [0, 0.05) is 11.4 Å². The lowest BCUT2D eigenvalue weighted by Gasteiger charge is -2.32. The second kappa shape index (κ2) is 10.8. The molecule has 1 unspecified atom stereocenters. The molecular formula is C24H35BBrNO6. The molecule has 0 spiro atoms. The zero-order valence-electron chi connectivity index (χ0n) is 20.2. The van der Waals surface area contributed by atoms with Gasteiger partial charge in [-0.2, -0.15) is 0 Å². The van der Waals surface area contributed by atoms with E-state index in [1.165, 1.54) is 7.11 Å². The molecule has 0 radical (unpaired) electrons. The van der Waals surface area contributed by atoms with Gasteiger partial charge in [-0.1, -0.05) is 52.7 Å². The van der Waals surface area contributed by atoms with Crippen LogP contribution in [0.2, 0.25) is 6.32 Å². The van der Waals surface area contributed by atoms with Gasteiger partial charge in [-0.05, 0) is 58.3 Å². The summed E-state index contributed by atoms with van der Waals surface area (Å²) in [5, 5.41) is 0.564. The van der Waals surface area contributed by atoms with Crippen molar-refractivity contribution in [3.8, 4) is 0 Å². The molecular weight excluding hydrogens is 489 g/mol. The van der Waals surface area contributed by atoms with Crippen molar-refractivity contribution in [1.82, 2.24) is 4.90 Å². The summed E-state index contributed by atoms with van der Waals surface area (Å²) in [6.45, 7) is 8.31. The van der Waals surface area contributed by atoms with Crippen LogP contribution in [0.5, 0.6) is 0 Å². The number of carbonyl (C=O) groups excluding carboxylic acids is 2. The standard InChI is InChI=1S/C24H35BBrNO6/c1-23(2)24(3,4)33-25(32-23)13-9-12-18-14-19(15-26)27(20(18)21(28)30-5)22(29)31-16-17-10-7-6-8-11-17/h6-8,10-11,18-20H,9,12-16H2,1-5H3/t18-,19?,20+/m1/s1. The first-order valence-electron chi connectivity index (χ1n) is 11.6. The number of methoxy groups -OCH3 is 1. The molecule has 0 bridgehead atoms. The minimum absolute atomic E-state index is 0.0216. The molecule has 2 aliphatic heterocycles. The minimum atomic E-state index is -0.667. The Kier molecular flexibility index (Phi) is 8.51. The van der Waals surface area contributed by atoms with Crippen LogP contribution in [0.4, 0.5) is 4.79 Å². The quantitative estimate of drug-likeness (QED) is 0.276. The number of amides is 1. The third-order valence-corrected chi connectivity index (χ3v) is 7.82. The van der Waals surface area contributed by atoms with Crippen LogP contribution in [0.15, 0.2) is 30.3 Å². The van der Waals surface area contributed by atoms with Crippen LogP contribution in [0.1, 0.15) is 52.5 Å². The van der Waals surface area contributed by atoms with Gasteiger partial charge in [-0.3, -0.25) is 4.90 Å². The lowest BCUT2D eigenvalue weighted by Crippen LogP contribution is -2.47. The molecule has 2 heterocycles. The van der Waals surface area contributed by atoms with Gasteiger partial charge in [0.15, 0.2) is 0 Å². The van der Waals surface area contributed by atoms with E-state index in [0.29, 0.717) is 11.8 Å². The van der Waals surface area contributed by atoms with E-state index in [2.05, 4.69) is 15.9 Å². The average Bonchev–Trinajstić information content (AvgIpc) is 3.25. The maximum absolute atomic E-state index is 13.0. The number of rotatable bonds is 8. The third kappa shape index (κ3) is 5.92. The number of halogens is 1. The molecule has 2 fully saturated rings. The maximum Gasteiger partial charge on any atom is 0.457 e. The molecule has 0 N–H and O–H groups in total. The smallest absolute Gasteiger partial charge is 0.457 e. The monoisotopic (exact) mass is 523 g/mol. The zero-order valence-corrected chi connectivity index (χ0v) is 21.8.